The lowest BCUT2D eigenvalue weighted by Gasteiger charge is -2.13. The van der Waals surface area contributed by atoms with Crippen LogP contribution in [0.3, 0.4) is 0 Å². The lowest BCUT2D eigenvalue weighted by Crippen LogP contribution is -2.27. The van der Waals surface area contributed by atoms with Gasteiger partial charge in [-0.25, -0.2) is 4.98 Å². The minimum absolute atomic E-state index is 0.138. The molecule has 0 aliphatic carbocycles. The van der Waals surface area contributed by atoms with Gasteiger partial charge in [0.05, 0.1) is 24.4 Å². The molecule has 0 spiro atoms. The fourth-order valence-corrected chi connectivity index (χ4v) is 1.93. The van der Waals surface area contributed by atoms with E-state index in [1.54, 1.807) is 12.4 Å². The second kappa shape index (κ2) is 7.13. The summed E-state index contributed by atoms with van der Waals surface area (Å²) in [6.45, 7) is 2.87. The number of ketones is 1. The summed E-state index contributed by atoms with van der Waals surface area (Å²) >= 11 is 1.52. The van der Waals surface area contributed by atoms with Crippen LogP contribution in [-0.2, 0) is 20.9 Å². The van der Waals surface area contributed by atoms with E-state index in [0.29, 0.717) is 13.2 Å². The Morgan fingerprint density at radius 2 is 2.29 bits per heavy atom. The van der Waals surface area contributed by atoms with Crippen molar-refractivity contribution in [2.24, 2.45) is 0 Å². The maximum Gasteiger partial charge on any atom is 0.313 e. The molecule has 0 aliphatic rings. The topological polar surface area (TPSA) is 59.5 Å². The smallest absolute Gasteiger partial charge is 0.313 e. The first kappa shape index (κ1) is 13.8. The van der Waals surface area contributed by atoms with Gasteiger partial charge in [-0.3, -0.25) is 14.5 Å². The average molecular weight is 256 g/mol. The third-order valence-corrected chi connectivity index (χ3v) is 2.64. The summed E-state index contributed by atoms with van der Waals surface area (Å²) in [6.07, 6.45) is -0.157. The highest BCUT2D eigenvalue weighted by Crippen LogP contribution is 2.04. The van der Waals surface area contributed by atoms with Crippen LogP contribution in [0.25, 0.3) is 0 Å². The number of rotatable bonds is 7. The Labute approximate surface area is 104 Å². The predicted molar refractivity (Wildman–Crippen MR) is 64.7 cm³/mol. The third-order valence-electron chi connectivity index (χ3n) is 2.01. The van der Waals surface area contributed by atoms with E-state index >= 15 is 0 Å². The number of likely N-dealkylation sites (N-methyl/N-ethyl adjacent to an activating group) is 1. The molecule has 5 nitrogen and oxygen atoms in total. The molecular weight excluding hydrogens is 240 g/mol. The third kappa shape index (κ3) is 5.55. The van der Waals surface area contributed by atoms with Crippen molar-refractivity contribution in [1.29, 1.82) is 0 Å². The van der Waals surface area contributed by atoms with Gasteiger partial charge >= 0.3 is 5.97 Å². The summed E-state index contributed by atoms with van der Waals surface area (Å²) < 4.78 is 4.71. The molecule has 6 heteroatoms. The molecule has 0 amide bonds. The van der Waals surface area contributed by atoms with Crippen molar-refractivity contribution >= 4 is 23.1 Å². The van der Waals surface area contributed by atoms with Crippen molar-refractivity contribution in [2.75, 3.05) is 20.2 Å². The second-order valence-corrected chi connectivity index (χ2v) is 4.39. The van der Waals surface area contributed by atoms with E-state index in [1.807, 2.05) is 17.3 Å². The maximum atomic E-state index is 11.5. The van der Waals surface area contributed by atoms with Crippen molar-refractivity contribution in [3.05, 3.63) is 16.6 Å². The molecule has 0 saturated heterocycles. The van der Waals surface area contributed by atoms with E-state index in [2.05, 4.69) is 4.98 Å². The first-order valence-electron chi connectivity index (χ1n) is 5.34. The molecule has 94 valence electrons. The van der Waals surface area contributed by atoms with Crippen molar-refractivity contribution in [2.45, 2.75) is 19.9 Å². The van der Waals surface area contributed by atoms with E-state index in [4.69, 9.17) is 4.74 Å². The molecule has 17 heavy (non-hydrogen) atoms. The molecule has 0 fully saturated rings. The molecule has 0 N–H and O–H groups in total. The summed E-state index contributed by atoms with van der Waals surface area (Å²) in [4.78, 5) is 28.5. The first-order chi connectivity index (χ1) is 8.11. The van der Waals surface area contributed by atoms with Crippen molar-refractivity contribution in [1.82, 2.24) is 9.88 Å². The number of thiazole rings is 1. The molecular formula is C11H16N2O3S. The van der Waals surface area contributed by atoms with Gasteiger partial charge in [0.1, 0.15) is 6.42 Å². The number of aromatic nitrogens is 1. The molecule has 0 unspecified atom stereocenters. The molecule has 1 rings (SSSR count). The number of ether oxygens (including phenoxy) is 1. The molecule has 0 atom stereocenters. The first-order valence-corrected chi connectivity index (χ1v) is 6.29. The Kier molecular flexibility index (Phi) is 5.79. The average Bonchev–Trinajstić information content (AvgIpc) is 2.69. The van der Waals surface area contributed by atoms with Crippen molar-refractivity contribution in [3.63, 3.8) is 0 Å². The highest BCUT2D eigenvalue weighted by molar-refractivity contribution is 7.07. The lowest BCUT2D eigenvalue weighted by atomic mass is 10.2. The van der Waals surface area contributed by atoms with Crippen LogP contribution < -0.4 is 0 Å². The van der Waals surface area contributed by atoms with Crippen LogP contribution in [0.15, 0.2) is 10.9 Å². The zero-order chi connectivity index (χ0) is 12.7. The fourth-order valence-electron chi connectivity index (χ4n) is 1.38. The van der Waals surface area contributed by atoms with Gasteiger partial charge in [-0.2, -0.15) is 0 Å². The monoisotopic (exact) mass is 256 g/mol. The van der Waals surface area contributed by atoms with E-state index in [-0.39, 0.29) is 18.7 Å². The number of hydrogen-bond acceptors (Lipinski definition) is 6. The molecule has 0 aromatic carbocycles. The largest absolute Gasteiger partial charge is 0.466 e. The minimum Gasteiger partial charge on any atom is -0.466 e. The maximum absolute atomic E-state index is 11.5. The molecule has 0 radical (unpaired) electrons. The molecule has 0 bridgehead atoms. The molecule has 0 aliphatic heterocycles. The van der Waals surface area contributed by atoms with E-state index in [0.717, 1.165) is 5.69 Å². The number of nitrogens with zero attached hydrogens (tertiary/aromatic N) is 2. The standard InChI is InChI=1S/C11H16N2O3S/c1-3-16-11(15)4-10(14)6-13(2)5-9-7-17-8-12-9/h7-8H,3-6H2,1-2H3. The Morgan fingerprint density at radius 1 is 1.53 bits per heavy atom. The van der Waals surface area contributed by atoms with Crippen molar-refractivity contribution in [3.8, 4) is 0 Å². The predicted octanol–water partition coefficient (Wildman–Crippen LogP) is 1.10. The Balaban J connectivity index is 2.28. The number of carbonyl (C=O) groups is 2. The van der Waals surface area contributed by atoms with Gasteiger partial charge in [-0.05, 0) is 14.0 Å². The van der Waals surface area contributed by atoms with Gasteiger partial charge in [0.25, 0.3) is 0 Å². The van der Waals surface area contributed by atoms with Crippen LogP contribution in [0.4, 0.5) is 0 Å². The quantitative estimate of drug-likeness (QED) is 0.540. The van der Waals surface area contributed by atoms with E-state index in [1.165, 1.54) is 11.3 Å². The SMILES string of the molecule is CCOC(=O)CC(=O)CN(C)Cc1cscn1. The summed E-state index contributed by atoms with van der Waals surface area (Å²) in [5.74, 6) is -0.597. The zero-order valence-electron chi connectivity index (χ0n) is 10.0. The lowest BCUT2D eigenvalue weighted by molar-refractivity contribution is -0.145. The Morgan fingerprint density at radius 3 is 2.88 bits per heavy atom. The van der Waals surface area contributed by atoms with Gasteiger partial charge in [0, 0.05) is 11.9 Å². The van der Waals surface area contributed by atoms with E-state index in [9.17, 15) is 9.59 Å². The second-order valence-electron chi connectivity index (χ2n) is 3.67. The number of Topliss-reactive ketones (excluding diaryl/α,β-unsaturated/α-hetero) is 1. The number of hydrogen-bond donors (Lipinski definition) is 0. The van der Waals surface area contributed by atoms with Gasteiger partial charge in [0.2, 0.25) is 0 Å². The van der Waals surface area contributed by atoms with Crippen molar-refractivity contribution < 1.29 is 14.3 Å². The minimum atomic E-state index is -0.459. The van der Waals surface area contributed by atoms with Crippen LogP contribution in [-0.4, -0.2) is 41.8 Å². The van der Waals surface area contributed by atoms with Crippen LogP contribution in [0.1, 0.15) is 19.0 Å². The summed E-state index contributed by atoms with van der Waals surface area (Å²) in [7, 11) is 1.82. The van der Waals surface area contributed by atoms with Gasteiger partial charge in [-0.15, -0.1) is 11.3 Å². The molecule has 1 aromatic rings. The van der Waals surface area contributed by atoms with Gasteiger partial charge in [0.15, 0.2) is 5.78 Å². The summed E-state index contributed by atoms with van der Waals surface area (Å²) in [5, 5.41) is 1.94. The van der Waals surface area contributed by atoms with Gasteiger partial charge in [-0.1, -0.05) is 0 Å². The highest BCUT2D eigenvalue weighted by Gasteiger charge is 2.13. The highest BCUT2D eigenvalue weighted by atomic mass is 32.1. The molecule has 1 heterocycles. The number of esters is 1. The summed E-state index contributed by atoms with van der Waals surface area (Å²) in [5.41, 5.74) is 2.69. The summed E-state index contributed by atoms with van der Waals surface area (Å²) in [6, 6.07) is 0. The molecule has 0 saturated carbocycles. The molecule has 1 aromatic heterocycles. The van der Waals surface area contributed by atoms with E-state index < -0.39 is 5.97 Å². The zero-order valence-corrected chi connectivity index (χ0v) is 10.8. The Hall–Kier alpha value is -1.27. The Bertz CT molecular complexity index is 365. The van der Waals surface area contributed by atoms with Gasteiger partial charge < -0.3 is 4.74 Å². The fraction of sp³-hybridized carbons (Fsp3) is 0.545. The normalized spacial score (nSPS) is 10.5. The van der Waals surface area contributed by atoms with Crippen LogP contribution in [0.5, 0.6) is 0 Å². The van der Waals surface area contributed by atoms with Crippen LogP contribution in [0.2, 0.25) is 0 Å². The number of carbonyl (C=O) groups excluding carboxylic acids is 2. The van der Waals surface area contributed by atoms with Crippen LogP contribution in [0, 0.1) is 0 Å². The van der Waals surface area contributed by atoms with Crippen LogP contribution >= 0.6 is 11.3 Å².